The number of allylic oxidation sites excluding steroid dienone is 1. The summed E-state index contributed by atoms with van der Waals surface area (Å²) in [5, 5.41) is 8.85. The van der Waals surface area contributed by atoms with Gasteiger partial charge in [-0.25, -0.2) is 0 Å². The summed E-state index contributed by atoms with van der Waals surface area (Å²) in [4.78, 5) is 14.5. The lowest BCUT2D eigenvalue weighted by Gasteiger charge is -2.37. The first-order valence-electron chi connectivity index (χ1n) is 8.90. The number of unbranched alkanes of at least 4 members (excludes halogenated alkanes) is 1. The lowest BCUT2D eigenvalue weighted by molar-refractivity contribution is -0.160. The van der Waals surface area contributed by atoms with Gasteiger partial charge in [-0.2, -0.15) is 0 Å². The average Bonchev–Trinajstić information content (AvgIpc) is 2.58. The van der Waals surface area contributed by atoms with E-state index in [9.17, 15) is 4.79 Å². The number of ether oxygens (including phenoxy) is 3. The first-order valence-corrected chi connectivity index (χ1v) is 8.90. The predicted octanol–water partition coefficient (Wildman–Crippen LogP) is 1.93. The second-order valence-electron chi connectivity index (χ2n) is 7.49. The summed E-state index contributed by atoms with van der Waals surface area (Å²) < 4.78 is 17.0. The van der Waals surface area contributed by atoms with E-state index in [1.165, 1.54) is 0 Å². The van der Waals surface area contributed by atoms with Crippen molar-refractivity contribution in [3.8, 4) is 0 Å². The molecule has 6 nitrogen and oxygen atoms in total. The van der Waals surface area contributed by atoms with Crippen molar-refractivity contribution >= 4 is 5.91 Å². The molecule has 0 aromatic carbocycles. The standard InChI is InChI=1S/C18H31NO5/c1-18(2,3)14-12-15(17(21)19-6-10-22-11-7-19)24-16(13-14)23-9-5-4-8-20/h12,14,16,20H,4-11,13H2,1-3H3/t14-,16+/m1/s1. The third-order valence-corrected chi connectivity index (χ3v) is 4.54. The van der Waals surface area contributed by atoms with Gasteiger partial charge in [-0.1, -0.05) is 20.8 Å². The molecule has 0 spiro atoms. The maximum absolute atomic E-state index is 12.7. The number of amides is 1. The zero-order valence-corrected chi connectivity index (χ0v) is 15.1. The summed E-state index contributed by atoms with van der Waals surface area (Å²) in [6.07, 6.45) is 3.80. The smallest absolute Gasteiger partial charge is 0.288 e. The number of aliphatic hydroxyl groups excluding tert-OH is 1. The topological polar surface area (TPSA) is 68.2 Å². The maximum Gasteiger partial charge on any atom is 0.288 e. The molecule has 0 aromatic rings. The second-order valence-corrected chi connectivity index (χ2v) is 7.49. The Morgan fingerprint density at radius 3 is 2.67 bits per heavy atom. The highest BCUT2D eigenvalue weighted by atomic mass is 16.7. The highest BCUT2D eigenvalue weighted by Gasteiger charge is 2.35. The minimum Gasteiger partial charge on any atom is -0.459 e. The molecule has 0 radical (unpaired) electrons. The van der Waals surface area contributed by atoms with Crippen molar-refractivity contribution < 1.29 is 24.1 Å². The van der Waals surface area contributed by atoms with Crippen molar-refractivity contribution in [3.05, 3.63) is 11.8 Å². The molecule has 1 amide bonds. The van der Waals surface area contributed by atoms with Crippen LogP contribution in [-0.4, -0.2) is 61.7 Å². The van der Waals surface area contributed by atoms with E-state index >= 15 is 0 Å². The van der Waals surface area contributed by atoms with Gasteiger partial charge in [0.1, 0.15) is 0 Å². The number of carbonyl (C=O) groups excluding carboxylic acids is 1. The zero-order chi connectivity index (χ0) is 17.6. The van der Waals surface area contributed by atoms with E-state index in [2.05, 4.69) is 20.8 Å². The van der Waals surface area contributed by atoms with Crippen molar-refractivity contribution in [3.63, 3.8) is 0 Å². The summed E-state index contributed by atoms with van der Waals surface area (Å²) in [5.74, 6) is 0.542. The third-order valence-electron chi connectivity index (χ3n) is 4.54. The van der Waals surface area contributed by atoms with Gasteiger partial charge in [0.15, 0.2) is 5.76 Å². The minimum atomic E-state index is -0.405. The fourth-order valence-electron chi connectivity index (χ4n) is 2.87. The van der Waals surface area contributed by atoms with Gasteiger partial charge in [-0.15, -0.1) is 0 Å². The van der Waals surface area contributed by atoms with Crippen molar-refractivity contribution in [2.24, 2.45) is 11.3 Å². The number of morpholine rings is 1. The van der Waals surface area contributed by atoms with E-state index < -0.39 is 6.29 Å². The number of hydrogen-bond acceptors (Lipinski definition) is 5. The average molecular weight is 341 g/mol. The van der Waals surface area contributed by atoms with E-state index in [1.807, 2.05) is 6.08 Å². The Bertz CT molecular complexity index is 437. The van der Waals surface area contributed by atoms with Crippen LogP contribution < -0.4 is 0 Å². The molecular weight excluding hydrogens is 310 g/mol. The van der Waals surface area contributed by atoms with Crippen molar-refractivity contribution in [1.82, 2.24) is 4.90 Å². The van der Waals surface area contributed by atoms with Crippen LogP contribution >= 0.6 is 0 Å². The lowest BCUT2D eigenvalue weighted by atomic mass is 9.77. The first-order chi connectivity index (χ1) is 11.4. The van der Waals surface area contributed by atoms with Crippen LogP contribution in [0.25, 0.3) is 0 Å². The van der Waals surface area contributed by atoms with Gasteiger partial charge in [0.2, 0.25) is 6.29 Å². The highest BCUT2D eigenvalue weighted by molar-refractivity contribution is 5.91. The summed E-state index contributed by atoms with van der Waals surface area (Å²) in [6.45, 7) is 9.54. The van der Waals surface area contributed by atoms with Gasteiger partial charge in [-0.3, -0.25) is 4.79 Å². The highest BCUT2D eigenvalue weighted by Crippen LogP contribution is 2.36. The number of rotatable bonds is 6. The summed E-state index contributed by atoms with van der Waals surface area (Å²) in [6, 6.07) is 0. The number of nitrogens with zero attached hydrogens (tertiary/aromatic N) is 1. The fraction of sp³-hybridized carbons (Fsp3) is 0.833. The van der Waals surface area contributed by atoms with Gasteiger partial charge in [-0.05, 0) is 30.3 Å². The molecule has 0 aromatic heterocycles. The van der Waals surface area contributed by atoms with Crippen LogP contribution in [0.1, 0.15) is 40.0 Å². The molecule has 2 atom stereocenters. The van der Waals surface area contributed by atoms with Crippen LogP contribution in [0.5, 0.6) is 0 Å². The molecule has 6 heteroatoms. The summed E-state index contributed by atoms with van der Waals surface area (Å²) in [5.41, 5.74) is 0.0347. The maximum atomic E-state index is 12.7. The van der Waals surface area contributed by atoms with Gasteiger partial charge < -0.3 is 24.2 Å². The minimum absolute atomic E-state index is 0.0347. The molecule has 0 saturated carbocycles. The molecule has 1 fully saturated rings. The fourth-order valence-corrected chi connectivity index (χ4v) is 2.87. The zero-order valence-electron chi connectivity index (χ0n) is 15.1. The molecular formula is C18H31NO5. The summed E-state index contributed by atoms with van der Waals surface area (Å²) in [7, 11) is 0. The van der Waals surface area contributed by atoms with Crippen LogP contribution in [0.4, 0.5) is 0 Å². The molecule has 0 unspecified atom stereocenters. The van der Waals surface area contributed by atoms with E-state index in [0.29, 0.717) is 45.1 Å². The number of hydrogen-bond donors (Lipinski definition) is 1. The molecule has 0 bridgehead atoms. The van der Waals surface area contributed by atoms with Gasteiger partial charge in [0.25, 0.3) is 5.91 Å². The summed E-state index contributed by atoms with van der Waals surface area (Å²) >= 11 is 0. The monoisotopic (exact) mass is 341 g/mol. The third kappa shape index (κ3) is 5.46. The Morgan fingerprint density at radius 1 is 1.33 bits per heavy atom. The van der Waals surface area contributed by atoms with Crippen molar-refractivity contribution in [1.29, 1.82) is 0 Å². The van der Waals surface area contributed by atoms with Gasteiger partial charge in [0, 0.05) is 26.1 Å². The van der Waals surface area contributed by atoms with Crippen LogP contribution in [0, 0.1) is 11.3 Å². The normalized spacial score (nSPS) is 25.2. The molecule has 2 aliphatic heterocycles. The van der Waals surface area contributed by atoms with Gasteiger partial charge in [0.05, 0.1) is 19.8 Å². The largest absolute Gasteiger partial charge is 0.459 e. The molecule has 24 heavy (non-hydrogen) atoms. The SMILES string of the molecule is CC(C)(C)[C@@H]1C=C(C(=O)N2CCOCC2)O[C@H](OCCCCO)C1. The van der Waals surface area contributed by atoms with Crippen LogP contribution in [-0.2, 0) is 19.0 Å². The molecule has 2 heterocycles. The molecule has 2 rings (SSSR count). The molecule has 0 aliphatic carbocycles. The first kappa shape index (κ1) is 19.2. The van der Waals surface area contributed by atoms with E-state index in [1.54, 1.807) is 4.90 Å². The van der Waals surface area contributed by atoms with E-state index in [-0.39, 0.29) is 23.8 Å². The van der Waals surface area contributed by atoms with Crippen LogP contribution in [0.3, 0.4) is 0 Å². The van der Waals surface area contributed by atoms with Gasteiger partial charge >= 0.3 is 0 Å². The van der Waals surface area contributed by atoms with Crippen LogP contribution in [0.15, 0.2) is 11.8 Å². The molecule has 1 N–H and O–H groups in total. The molecule has 1 saturated heterocycles. The lowest BCUT2D eigenvalue weighted by Crippen LogP contribution is -2.44. The van der Waals surface area contributed by atoms with E-state index in [0.717, 1.165) is 12.8 Å². The van der Waals surface area contributed by atoms with Crippen molar-refractivity contribution in [2.45, 2.75) is 46.3 Å². The van der Waals surface area contributed by atoms with E-state index in [4.69, 9.17) is 19.3 Å². The van der Waals surface area contributed by atoms with Crippen molar-refractivity contribution in [2.75, 3.05) is 39.5 Å². The predicted molar refractivity (Wildman–Crippen MR) is 90.2 cm³/mol. The quantitative estimate of drug-likeness (QED) is 0.748. The van der Waals surface area contributed by atoms with Crippen LogP contribution in [0.2, 0.25) is 0 Å². The Labute approximate surface area is 144 Å². The number of carbonyl (C=O) groups is 1. The number of aliphatic hydroxyl groups is 1. The molecule has 138 valence electrons. The Morgan fingerprint density at radius 2 is 2.04 bits per heavy atom. The second kappa shape index (κ2) is 8.83. The Hall–Kier alpha value is -1.11. The molecule has 2 aliphatic rings. The Kier molecular flexibility index (Phi) is 7.07. The Balaban J connectivity index is 2.03.